The van der Waals surface area contributed by atoms with Crippen LogP contribution in [-0.4, -0.2) is 24.8 Å². The molecule has 0 spiro atoms. The molecular formula is C8H8ClF3N2. The Morgan fingerprint density at radius 2 is 2.07 bits per heavy atom. The van der Waals surface area contributed by atoms with Crippen molar-refractivity contribution in [1.82, 2.24) is 4.98 Å². The number of pyridine rings is 1. The molecule has 0 bridgehead atoms. The average molecular weight is 225 g/mol. The monoisotopic (exact) mass is 224 g/mol. The predicted octanol–water partition coefficient (Wildman–Crippen LogP) is 2.73. The normalized spacial score (nSPS) is 11.5. The quantitative estimate of drug-likeness (QED) is 0.718. The Kier molecular flexibility index (Phi) is 3.21. The van der Waals surface area contributed by atoms with Gasteiger partial charge in [0.05, 0.1) is 0 Å². The van der Waals surface area contributed by atoms with Gasteiger partial charge in [-0.15, -0.1) is 0 Å². The van der Waals surface area contributed by atoms with E-state index in [1.165, 1.54) is 19.2 Å². The van der Waals surface area contributed by atoms with Crippen LogP contribution in [0.3, 0.4) is 0 Å². The van der Waals surface area contributed by atoms with Crippen molar-refractivity contribution in [2.24, 2.45) is 0 Å². The lowest BCUT2D eigenvalue weighted by Crippen LogP contribution is -2.31. The number of nitrogens with zero attached hydrogens (tertiary/aromatic N) is 2. The largest absolute Gasteiger partial charge is 0.405 e. The first-order valence-electron chi connectivity index (χ1n) is 3.79. The second kappa shape index (κ2) is 4.04. The van der Waals surface area contributed by atoms with Crippen LogP contribution in [-0.2, 0) is 0 Å². The summed E-state index contributed by atoms with van der Waals surface area (Å²) in [5.74, 6) is 0.204. The molecule has 0 fully saturated rings. The minimum absolute atomic E-state index is 0.177. The van der Waals surface area contributed by atoms with E-state index < -0.39 is 12.7 Å². The molecule has 0 saturated heterocycles. The lowest BCUT2D eigenvalue weighted by Gasteiger charge is -2.19. The van der Waals surface area contributed by atoms with E-state index in [4.69, 9.17) is 11.6 Å². The molecule has 0 atom stereocenters. The summed E-state index contributed by atoms with van der Waals surface area (Å²) in [6, 6.07) is 4.53. The van der Waals surface area contributed by atoms with Crippen molar-refractivity contribution in [1.29, 1.82) is 0 Å². The summed E-state index contributed by atoms with van der Waals surface area (Å²) in [5, 5.41) is 0.177. The van der Waals surface area contributed by atoms with Crippen molar-refractivity contribution in [3.05, 3.63) is 23.4 Å². The van der Waals surface area contributed by atoms with Gasteiger partial charge in [-0.05, 0) is 12.1 Å². The van der Waals surface area contributed by atoms with Gasteiger partial charge >= 0.3 is 6.18 Å². The van der Waals surface area contributed by atoms with Crippen LogP contribution in [0.15, 0.2) is 18.2 Å². The Labute approximate surface area is 84.3 Å². The van der Waals surface area contributed by atoms with Gasteiger partial charge in [0.2, 0.25) is 0 Å². The maximum atomic E-state index is 12.0. The summed E-state index contributed by atoms with van der Waals surface area (Å²) in [6.45, 7) is -1.04. The highest BCUT2D eigenvalue weighted by Gasteiger charge is 2.29. The van der Waals surface area contributed by atoms with Crippen LogP contribution in [0.1, 0.15) is 0 Å². The zero-order valence-electron chi connectivity index (χ0n) is 7.35. The first-order valence-corrected chi connectivity index (χ1v) is 4.17. The second-order valence-corrected chi connectivity index (χ2v) is 3.18. The maximum Gasteiger partial charge on any atom is 0.405 e. The fourth-order valence-electron chi connectivity index (χ4n) is 0.960. The Hall–Kier alpha value is -0.970. The summed E-state index contributed by atoms with van der Waals surface area (Å²) in [6.07, 6.45) is -4.24. The van der Waals surface area contributed by atoms with Gasteiger partial charge in [0.15, 0.2) is 0 Å². The highest BCUT2D eigenvalue weighted by molar-refractivity contribution is 6.29. The van der Waals surface area contributed by atoms with Crippen molar-refractivity contribution in [2.45, 2.75) is 6.18 Å². The van der Waals surface area contributed by atoms with Crippen LogP contribution < -0.4 is 4.90 Å². The van der Waals surface area contributed by atoms with Crippen LogP contribution in [0, 0.1) is 0 Å². The van der Waals surface area contributed by atoms with E-state index in [2.05, 4.69) is 4.98 Å². The lowest BCUT2D eigenvalue weighted by molar-refractivity contribution is -0.119. The molecule has 78 valence electrons. The zero-order chi connectivity index (χ0) is 10.8. The smallest absolute Gasteiger partial charge is 0.351 e. The molecule has 1 heterocycles. The van der Waals surface area contributed by atoms with E-state index >= 15 is 0 Å². The Morgan fingerprint density at radius 3 is 2.57 bits per heavy atom. The van der Waals surface area contributed by atoms with E-state index in [1.807, 2.05) is 0 Å². The van der Waals surface area contributed by atoms with Gasteiger partial charge in [0, 0.05) is 7.05 Å². The summed E-state index contributed by atoms with van der Waals surface area (Å²) in [4.78, 5) is 4.74. The third kappa shape index (κ3) is 3.41. The van der Waals surface area contributed by atoms with Crippen LogP contribution in [0.2, 0.25) is 5.15 Å². The average Bonchev–Trinajstić information content (AvgIpc) is 2.01. The summed E-state index contributed by atoms with van der Waals surface area (Å²) in [5.41, 5.74) is 0. The fraction of sp³-hybridized carbons (Fsp3) is 0.375. The minimum Gasteiger partial charge on any atom is -0.351 e. The van der Waals surface area contributed by atoms with Crippen molar-refractivity contribution in [2.75, 3.05) is 18.5 Å². The van der Waals surface area contributed by atoms with E-state index in [1.54, 1.807) is 6.07 Å². The number of hydrogen-bond acceptors (Lipinski definition) is 2. The molecule has 0 aromatic carbocycles. The van der Waals surface area contributed by atoms with Crippen LogP contribution in [0.4, 0.5) is 19.0 Å². The first-order chi connectivity index (χ1) is 6.38. The lowest BCUT2D eigenvalue weighted by atomic mass is 10.4. The molecule has 0 aliphatic heterocycles. The van der Waals surface area contributed by atoms with Gasteiger partial charge in [-0.2, -0.15) is 13.2 Å². The van der Waals surface area contributed by atoms with Gasteiger partial charge in [-0.3, -0.25) is 0 Å². The molecule has 0 aliphatic rings. The molecule has 0 N–H and O–H groups in total. The van der Waals surface area contributed by atoms with Gasteiger partial charge < -0.3 is 4.90 Å². The third-order valence-corrected chi connectivity index (χ3v) is 1.72. The standard InChI is InChI=1S/C8H8ClF3N2/c1-14(5-8(10,11)12)7-4-2-3-6(9)13-7/h2-4H,5H2,1H3. The second-order valence-electron chi connectivity index (χ2n) is 2.79. The van der Waals surface area contributed by atoms with Crippen molar-refractivity contribution < 1.29 is 13.2 Å². The van der Waals surface area contributed by atoms with E-state index in [-0.39, 0.29) is 11.0 Å². The molecule has 0 aliphatic carbocycles. The number of aromatic nitrogens is 1. The minimum atomic E-state index is -4.24. The van der Waals surface area contributed by atoms with E-state index in [9.17, 15) is 13.2 Å². The van der Waals surface area contributed by atoms with Gasteiger partial charge in [-0.1, -0.05) is 17.7 Å². The number of hydrogen-bond donors (Lipinski definition) is 0. The SMILES string of the molecule is CN(CC(F)(F)F)c1cccc(Cl)n1. The predicted molar refractivity (Wildman–Crippen MR) is 48.6 cm³/mol. The molecule has 1 rings (SSSR count). The summed E-state index contributed by atoms with van der Waals surface area (Å²) < 4.78 is 36.0. The van der Waals surface area contributed by atoms with Gasteiger partial charge in [0.25, 0.3) is 0 Å². The van der Waals surface area contributed by atoms with Crippen LogP contribution in [0.5, 0.6) is 0 Å². The summed E-state index contributed by atoms with van der Waals surface area (Å²) >= 11 is 5.54. The molecule has 2 nitrogen and oxygen atoms in total. The molecule has 6 heteroatoms. The molecule has 0 amide bonds. The number of rotatable bonds is 2. The highest BCUT2D eigenvalue weighted by Crippen LogP contribution is 2.20. The zero-order valence-corrected chi connectivity index (χ0v) is 8.10. The number of halogens is 4. The summed E-state index contributed by atoms with van der Waals surface area (Å²) in [7, 11) is 1.31. The topological polar surface area (TPSA) is 16.1 Å². The highest BCUT2D eigenvalue weighted by atomic mass is 35.5. The van der Waals surface area contributed by atoms with Crippen LogP contribution in [0.25, 0.3) is 0 Å². The molecule has 1 aromatic rings. The molecular weight excluding hydrogens is 217 g/mol. The van der Waals surface area contributed by atoms with E-state index in [0.29, 0.717) is 0 Å². The third-order valence-electron chi connectivity index (χ3n) is 1.51. The molecule has 0 unspecified atom stereocenters. The molecule has 0 saturated carbocycles. The van der Waals surface area contributed by atoms with Crippen molar-refractivity contribution in [3.8, 4) is 0 Å². The van der Waals surface area contributed by atoms with Gasteiger partial charge in [0.1, 0.15) is 17.5 Å². The maximum absolute atomic E-state index is 12.0. The Morgan fingerprint density at radius 1 is 1.43 bits per heavy atom. The van der Waals surface area contributed by atoms with Gasteiger partial charge in [-0.25, -0.2) is 4.98 Å². The van der Waals surface area contributed by atoms with Crippen molar-refractivity contribution >= 4 is 17.4 Å². The molecule has 1 aromatic heterocycles. The number of alkyl halides is 3. The van der Waals surface area contributed by atoms with Crippen LogP contribution >= 0.6 is 11.6 Å². The Bertz CT molecular complexity index is 314. The number of anilines is 1. The first kappa shape index (κ1) is 11.1. The fourth-order valence-corrected chi connectivity index (χ4v) is 1.12. The van der Waals surface area contributed by atoms with Crippen molar-refractivity contribution in [3.63, 3.8) is 0 Å². The molecule has 14 heavy (non-hydrogen) atoms. The Balaban J connectivity index is 2.74. The van der Waals surface area contributed by atoms with E-state index in [0.717, 1.165) is 4.90 Å². The molecule has 0 radical (unpaired) electrons.